The van der Waals surface area contributed by atoms with E-state index in [1.807, 2.05) is 25.1 Å². The summed E-state index contributed by atoms with van der Waals surface area (Å²) in [5.74, 6) is 0.681. The fraction of sp³-hybridized carbons (Fsp3) is 0.368. The number of anilines is 1. The maximum Gasteiger partial charge on any atom is 0.293 e. The molecule has 0 atom stereocenters. The van der Waals surface area contributed by atoms with Gasteiger partial charge in [0.25, 0.3) is 5.69 Å². The zero-order valence-corrected chi connectivity index (χ0v) is 17.4. The van der Waals surface area contributed by atoms with Gasteiger partial charge in [-0.2, -0.15) is 0 Å². The Labute approximate surface area is 165 Å². The number of nitrogens with one attached hydrogen (secondary N) is 1. The Bertz CT molecular complexity index is 974. The predicted octanol–water partition coefficient (Wildman–Crippen LogP) is 3.23. The number of sulfonamides is 1. The van der Waals surface area contributed by atoms with E-state index in [0.717, 1.165) is 17.2 Å². The minimum absolute atomic E-state index is 0.141. The number of nitro groups is 1. The molecule has 1 N–H and O–H groups in total. The van der Waals surface area contributed by atoms with Crippen molar-refractivity contribution in [2.24, 2.45) is 0 Å². The molecule has 8 nitrogen and oxygen atoms in total. The van der Waals surface area contributed by atoms with E-state index < -0.39 is 14.9 Å². The van der Waals surface area contributed by atoms with Crippen LogP contribution in [0.4, 0.5) is 11.4 Å². The minimum atomic E-state index is -3.83. The summed E-state index contributed by atoms with van der Waals surface area (Å²) >= 11 is 0. The van der Waals surface area contributed by atoms with E-state index in [4.69, 9.17) is 4.74 Å². The monoisotopic (exact) mass is 407 g/mol. The Hall–Kier alpha value is -2.65. The summed E-state index contributed by atoms with van der Waals surface area (Å²) in [6.07, 6.45) is 0. The molecule has 0 aliphatic carbocycles. The smallest absolute Gasteiger partial charge is 0.293 e. The lowest BCUT2D eigenvalue weighted by molar-refractivity contribution is -0.384. The number of hydrogen-bond acceptors (Lipinski definition) is 6. The van der Waals surface area contributed by atoms with Gasteiger partial charge in [0, 0.05) is 31.3 Å². The van der Waals surface area contributed by atoms with Crippen molar-refractivity contribution >= 4 is 21.4 Å². The molecule has 0 bridgehead atoms. The van der Waals surface area contributed by atoms with Crippen LogP contribution in [-0.2, 0) is 16.6 Å². The van der Waals surface area contributed by atoms with Gasteiger partial charge in [0.05, 0.1) is 16.9 Å². The average molecular weight is 407 g/mol. The number of methoxy groups -OCH3 is 1. The molecule has 0 aliphatic rings. The zero-order valence-electron chi connectivity index (χ0n) is 16.6. The van der Waals surface area contributed by atoms with Crippen LogP contribution in [0.25, 0.3) is 0 Å². The summed E-state index contributed by atoms with van der Waals surface area (Å²) < 4.78 is 32.5. The van der Waals surface area contributed by atoms with E-state index in [1.54, 1.807) is 32.9 Å². The van der Waals surface area contributed by atoms with Crippen LogP contribution in [0.5, 0.6) is 5.75 Å². The summed E-state index contributed by atoms with van der Waals surface area (Å²) in [6.45, 7) is 5.68. The van der Waals surface area contributed by atoms with Crippen molar-refractivity contribution in [1.82, 2.24) is 4.72 Å². The third-order valence-electron chi connectivity index (χ3n) is 4.10. The molecule has 0 aliphatic heterocycles. The second-order valence-electron chi connectivity index (χ2n) is 6.85. The van der Waals surface area contributed by atoms with Crippen LogP contribution in [0.1, 0.15) is 25.0 Å². The van der Waals surface area contributed by atoms with E-state index in [-0.39, 0.29) is 16.6 Å². The highest BCUT2D eigenvalue weighted by molar-refractivity contribution is 7.89. The fourth-order valence-corrected chi connectivity index (χ4v) is 4.16. The van der Waals surface area contributed by atoms with Gasteiger partial charge in [0.1, 0.15) is 11.4 Å². The van der Waals surface area contributed by atoms with Crippen LogP contribution in [0.15, 0.2) is 41.3 Å². The highest BCUT2D eigenvalue weighted by Crippen LogP contribution is 2.32. The summed E-state index contributed by atoms with van der Waals surface area (Å²) in [5, 5.41) is 11.6. The van der Waals surface area contributed by atoms with Crippen molar-refractivity contribution in [3.63, 3.8) is 0 Å². The molecule has 2 aromatic carbocycles. The molecule has 2 aromatic rings. The fourth-order valence-electron chi connectivity index (χ4n) is 2.89. The van der Waals surface area contributed by atoms with Crippen LogP contribution < -0.4 is 14.4 Å². The first-order chi connectivity index (χ1) is 13.0. The van der Waals surface area contributed by atoms with Gasteiger partial charge in [-0.15, -0.1) is 0 Å². The number of aryl methyl sites for hydroxylation is 1. The molecular weight excluding hydrogens is 382 g/mol. The molecule has 0 spiro atoms. The maximum absolute atomic E-state index is 12.3. The highest BCUT2D eigenvalue weighted by Gasteiger charge is 2.24. The molecule has 0 heterocycles. The Morgan fingerprint density at radius 3 is 2.46 bits per heavy atom. The number of hydrogen-bond donors (Lipinski definition) is 1. The molecule has 0 fully saturated rings. The van der Waals surface area contributed by atoms with Gasteiger partial charge in [-0.1, -0.05) is 17.7 Å². The molecular formula is C19H25N3O5S. The van der Waals surface area contributed by atoms with Crippen molar-refractivity contribution in [2.75, 3.05) is 19.1 Å². The molecule has 0 unspecified atom stereocenters. The van der Waals surface area contributed by atoms with Gasteiger partial charge in [0.15, 0.2) is 0 Å². The van der Waals surface area contributed by atoms with Gasteiger partial charge in [-0.05, 0) is 39.0 Å². The Kier molecular flexibility index (Phi) is 6.63. The molecule has 0 aromatic heterocycles. The predicted molar refractivity (Wildman–Crippen MR) is 108 cm³/mol. The van der Waals surface area contributed by atoms with Crippen molar-refractivity contribution in [3.05, 3.63) is 57.6 Å². The molecule has 0 radical (unpaired) electrons. The Morgan fingerprint density at radius 2 is 1.89 bits per heavy atom. The van der Waals surface area contributed by atoms with E-state index in [0.29, 0.717) is 18.0 Å². The van der Waals surface area contributed by atoms with E-state index in [2.05, 4.69) is 4.72 Å². The number of rotatable bonds is 8. The lowest BCUT2D eigenvalue weighted by atomic mass is 10.1. The van der Waals surface area contributed by atoms with Crippen molar-refractivity contribution in [3.8, 4) is 5.75 Å². The van der Waals surface area contributed by atoms with Gasteiger partial charge in [0.2, 0.25) is 10.0 Å². The molecule has 0 amide bonds. The quantitative estimate of drug-likeness (QED) is 0.532. The average Bonchev–Trinajstić information content (AvgIpc) is 2.60. The number of ether oxygens (including phenoxy) is 1. The lowest BCUT2D eigenvalue weighted by Crippen LogP contribution is -2.30. The first-order valence-electron chi connectivity index (χ1n) is 8.70. The van der Waals surface area contributed by atoms with Gasteiger partial charge in [-0.25, -0.2) is 13.1 Å². The summed E-state index contributed by atoms with van der Waals surface area (Å²) in [6, 6.07) is 9.31. The van der Waals surface area contributed by atoms with E-state index in [9.17, 15) is 18.5 Å². The van der Waals surface area contributed by atoms with E-state index >= 15 is 0 Å². The molecule has 152 valence electrons. The molecule has 28 heavy (non-hydrogen) atoms. The lowest BCUT2D eigenvalue weighted by Gasteiger charge is -2.21. The van der Waals surface area contributed by atoms with Gasteiger partial charge < -0.3 is 9.64 Å². The number of nitro benzene ring substituents is 1. The Balaban J connectivity index is 2.43. The number of benzene rings is 2. The zero-order chi connectivity index (χ0) is 21.1. The van der Waals surface area contributed by atoms with Crippen LogP contribution in [0.3, 0.4) is 0 Å². The topological polar surface area (TPSA) is 102 Å². The van der Waals surface area contributed by atoms with Crippen LogP contribution >= 0.6 is 0 Å². The van der Waals surface area contributed by atoms with Crippen LogP contribution in [0.2, 0.25) is 0 Å². The SMILES string of the molecule is COc1ccc(C)cc1CN(C)c1ccc(S(=O)(=O)NC(C)C)cc1[N+](=O)[O-]. The number of nitrogens with zero attached hydrogens (tertiary/aromatic N) is 2. The third kappa shape index (κ3) is 4.99. The first-order valence-corrected chi connectivity index (χ1v) is 10.2. The van der Waals surface area contributed by atoms with Crippen molar-refractivity contribution in [2.45, 2.75) is 38.3 Å². The minimum Gasteiger partial charge on any atom is -0.496 e. The second-order valence-corrected chi connectivity index (χ2v) is 8.57. The summed E-state index contributed by atoms with van der Waals surface area (Å²) in [5.41, 5.74) is 1.95. The van der Waals surface area contributed by atoms with Gasteiger partial charge in [-0.3, -0.25) is 10.1 Å². The molecule has 0 saturated heterocycles. The van der Waals surface area contributed by atoms with E-state index in [1.165, 1.54) is 12.1 Å². The summed E-state index contributed by atoms with van der Waals surface area (Å²) in [4.78, 5) is 12.6. The highest BCUT2D eigenvalue weighted by atomic mass is 32.2. The van der Waals surface area contributed by atoms with Crippen LogP contribution in [0, 0.1) is 17.0 Å². The third-order valence-corrected chi connectivity index (χ3v) is 5.76. The molecule has 2 rings (SSSR count). The molecule has 0 saturated carbocycles. The largest absolute Gasteiger partial charge is 0.496 e. The van der Waals surface area contributed by atoms with Crippen molar-refractivity contribution in [1.29, 1.82) is 0 Å². The first kappa shape index (κ1) is 21.6. The Morgan fingerprint density at radius 1 is 1.21 bits per heavy atom. The molecule has 9 heteroatoms. The van der Waals surface area contributed by atoms with Gasteiger partial charge >= 0.3 is 0 Å². The normalized spacial score (nSPS) is 11.5. The van der Waals surface area contributed by atoms with Crippen molar-refractivity contribution < 1.29 is 18.1 Å². The summed E-state index contributed by atoms with van der Waals surface area (Å²) in [7, 11) is -0.546. The second kappa shape index (κ2) is 8.57. The maximum atomic E-state index is 12.3. The van der Waals surface area contributed by atoms with Crippen LogP contribution in [-0.4, -0.2) is 33.5 Å². The standard InChI is InChI=1S/C19H25N3O5S/c1-13(2)20-28(25,26)16-7-8-17(18(11-16)22(23)24)21(4)12-15-10-14(3)6-9-19(15)27-5/h6-11,13,20H,12H2,1-5H3.